The molecular weight excluding hydrogens is 230 g/mol. The summed E-state index contributed by atoms with van der Waals surface area (Å²) in [6.07, 6.45) is 6.07. The van der Waals surface area contributed by atoms with Crippen LogP contribution in [0.2, 0.25) is 0 Å². The topological polar surface area (TPSA) is 41.6 Å². The monoisotopic (exact) mass is 249 g/mol. The fourth-order valence-electron chi connectivity index (χ4n) is 2.16. The zero-order chi connectivity index (χ0) is 12.3. The van der Waals surface area contributed by atoms with Crippen molar-refractivity contribution in [2.24, 2.45) is 0 Å². The summed E-state index contributed by atoms with van der Waals surface area (Å²) < 4.78 is 1.80. The fourth-order valence-corrected chi connectivity index (χ4v) is 3.44. The molecule has 1 saturated heterocycles. The van der Waals surface area contributed by atoms with Gasteiger partial charge in [0, 0.05) is 18.7 Å². The summed E-state index contributed by atoms with van der Waals surface area (Å²) in [4.78, 5) is 0. The highest BCUT2D eigenvalue weighted by Gasteiger charge is 2.35. The molecule has 1 fully saturated rings. The predicted octanol–water partition coefficient (Wildman–Crippen LogP) is 3.19. The van der Waals surface area contributed by atoms with E-state index in [0.29, 0.717) is 6.04 Å². The van der Waals surface area contributed by atoms with Gasteiger partial charge >= 0.3 is 0 Å². The molecule has 0 radical (unpaired) electrons. The molecular formula is C13H19N3S. The lowest BCUT2D eigenvalue weighted by Gasteiger charge is -2.17. The number of thioether (sulfide) groups is 1. The van der Waals surface area contributed by atoms with Crippen LogP contribution in [0, 0.1) is 11.3 Å². The van der Waals surface area contributed by atoms with Crippen LogP contribution in [0.25, 0.3) is 0 Å². The SMILES string of the molecule is CCC(C)n1ccc(CC2(C#N)CCCS2)n1. The lowest BCUT2D eigenvalue weighted by Crippen LogP contribution is -2.22. The normalized spacial score (nSPS) is 25.7. The Hall–Kier alpha value is -0.950. The third kappa shape index (κ3) is 2.66. The molecule has 4 heteroatoms. The average molecular weight is 249 g/mol. The van der Waals surface area contributed by atoms with E-state index in [9.17, 15) is 5.26 Å². The molecule has 1 aromatic rings. The standard InChI is InChI=1S/C13H19N3S/c1-3-11(2)16-7-5-12(15-16)9-13(10-14)6-4-8-17-13/h5,7,11H,3-4,6,8-9H2,1-2H3. The first-order chi connectivity index (χ1) is 8.19. The predicted molar refractivity (Wildman–Crippen MR) is 71.0 cm³/mol. The summed E-state index contributed by atoms with van der Waals surface area (Å²) >= 11 is 1.80. The van der Waals surface area contributed by atoms with Crippen LogP contribution in [0.4, 0.5) is 0 Å². The lowest BCUT2D eigenvalue weighted by molar-refractivity contribution is 0.471. The molecule has 0 saturated carbocycles. The summed E-state index contributed by atoms with van der Waals surface area (Å²) in [5, 5.41) is 13.9. The number of nitriles is 1. The van der Waals surface area contributed by atoms with Crippen LogP contribution in [-0.4, -0.2) is 20.3 Å². The summed E-state index contributed by atoms with van der Waals surface area (Å²) in [5.41, 5.74) is 1.06. The molecule has 0 N–H and O–H groups in total. The lowest BCUT2D eigenvalue weighted by atomic mass is 9.99. The Bertz CT molecular complexity index is 413. The van der Waals surface area contributed by atoms with Crippen molar-refractivity contribution in [3.8, 4) is 6.07 Å². The minimum absolute atomic E-state index is 0.214. The van der Waals surface area contributed by atoms with Gasteiger partial charge in [-0.25, -0.2) is 0 Å². The quantitative estimate of drug-likeness (QED) is 0.823. The molecule has 1 aliphatic rings. The molecule has 0 aromatic carbocycles. The maximum atomic E-state index is 9.33. The second-order valence-electron chi connectivity index (χ2n) is 4.78. The highest BCUT2D eigenvalue weighted by atomic mass is 32.2. The van der Waals surface area contributed by atoms with Gasteiger partial charge in [0.05, 0.1) is 11.8 Å². The van der Waals surface area contributed by atoms with Crippen LogP contribution >= 0.6 is 11.8 Å². The first kappa shape index (κ1) is 12.5. The van der Waals surface area contributed by atoms with Gasteiger partial charge in [0.25, 0.3) is 0 Å². The van der Waals surface area contributed by atoms with Gasteiger partial charge in [-0.05, 0) is 38.0 Å². The zero-order valence-corrected chi connectivity index (χ0v) is 11.3. The smallest absolute Gasteiger partial charge is 0.108 e. The molecule has 2 atom stereocenters. The Labute approximate surface area is 107 Å². The van der Waals surface area contributed by atoms with E-state index in [2.05, 4.69) is 31.1 Å². The molecule has 0 bridgehead atoms. The fraction of sp³-hybridized carbons (Fsp3) is 0.692. The highest BCUT2D eigenvalue weighted by Crippen LogP contribution is 2.40. The Morgan fingerprint density at radius 3 is 3.12 bits per heavy atom. The van der Waals surface area contributed by atoms with Crippen molar-refractivity contribution in [3.63, 3.8) is 0 Å². The van der Waals surface area contributed by atoms with Gasteiger partial charge in [0.15, 0.2) is 0 Å². The van der Waals surface area contributed by atoms with Gasteiger partial charge in [-0.3, -0.25) is 4.68 Å². The molecule has 0 aliphatic carbocycles. The van der Waals surface area contributed by atoms with Gasteiger partial charge in [-0.1, -0.05) is 6.92 Å². The molecule has 2 unspecified atom stereocenters. The van der Waals surface area contributed by atoms with E-state index in [1.165, 1.54) is 0 Å². The minimum Gasteiger partial charge on any atom is -0.270 e. The number of rotatable bonds is 4. The third-order valence-corrected chi connectivity index (χ3v) is 4.96. The third-order valence-electron chi connectivity index (χ3n) is 3.48. The maximum absolute atomic E-state index is 9.33. The number of aromatic nitrogens is 2. The van der Waals surface area contributed by atoms with Crippen molar-refractivity contribution < 1.29 is 0 Å². The van der Waals surface area contributed by atoms with Crippen LogP contribution in [0.15, 0.2) is 12.3 Å². The Morgan fingerprint density at radius 2 is 2.53 bits per heavy atom. The Kier molecular flexibility index (Phi) is 3.78. The van der Waals surface area contributed by atoms with Crippen LogP contribution in [0.3, 0.4) is 0 Å². The van der Waals surface area contributed by atoms with E-state index in [1.807, 2.05) is 10.9 Å². The summed E-state index contributed by atoms with van der Waals surface area (Å²) in [6, 6.07) is 4.99. The number of hydrogen-bond donors (Lipinski definition) is 0. The van der Waals surface area contributed by atoms with E-state index in [4.69, 9.17) is 0 Å². The summed E-state index contributed by atoms with van der Waals surface area (Å²) in [7, 11) is 0. The number of hydrogen-bond acceptors (Lipinski definition) is 3. The van der Waals surface area contributed by atoms with Crippen LogP contribution in [0.5, 0.6) is 0 Å². The first-order valence-corrected chi connectivity index (χ1v) is 7.27. The van der Waals surface area contributed by atoms with Crippen molar-refractivity contribution in [3.05, 3.63) is 18.0 Å². The first-order valence-electron chi connectivity index (χ1n) is 6.28. The molecule has 0 amide bonds. The van der Waals surface area contributed by atoms with Crippen molar-refractivity contribution in [2.45, 2.75) is 50.3 Å². The van der Waals surface area contributed by atoms with Crippen molar-refractivity contribution in [1.29, 1.82) is 5.26 Å². The van der Waals surface area contributed by atoms with E-state index in [0.717, 1.165) is 37.1 Å². The van der Waals surface area contributed by atoms with Crippen molar-refractivity contribution in [1.82, 2.24) is 9.78 Å². The minimum atomic E-state index is -0.214. The molecule has 1 aromatic heterocycles. The second kappa shape index (κ2) is 5.14. The molecule has 0 spiro atoms. The Balaban J connectivity index is 2.08. The molecule has 2 rings (SSSR count). The molecule has 17 heavy (non-hydrogen) atoms. The zero-order valence-electron chi connectivity index (χ0n) is 10.5. The highest BCUT2D eigenvalue weighted by molar-refractivity contribution is 8.01. The summed E-state index contributed by atoms with van der Waals surface area (Å²) in [6.45, 7) is 4.33. The van der Waals surface area contributed by atoms with Crippen molar-refractivity contribution >= 4 is 11.8 Å². The molecule has 1 aliphatic heterocycles. The average Bonchev–Trinajstić information content (AvgIpc) is 2.98. The largest absolute Gasteiger partial charge is 0.270 e. The molecule has 3 nitrogen and oxygen atoms in total. The second-order valence-corrected chi connectivity index (χ2v) is 6.26. The van der Waals surface area contributed by atoms with Gasteiger partial charge in [-0.2, -0.15) is 10.4 Å². The van der Waals surface area contributed by atoms with E-state index in [1.54, 1.807) is 11.8 Å². The Morgan fingerprint density at radius 1 is 1.71 bits per heavy atom. The van der Waals surface area contributed by atoms with Crippen LogP contribution in [0.1, 0.15) is 44.8 Å². The van der Waals surface area contributed by atoms with Crippen LogP contribution < -0.4 is 0 Å². The van der Waals surface area contributed by atoms with Gasteiger partial charge in [-0.15, -0.1) is 11.8 Å². The molecule has 2 heterocycles. The van der Waals surface area contributed by atoms with Crippen molar-refractivity contribution in [2.75, 3.05) is 5.75 Å². The van der Waals surface area contributed by atoms with E-state index in [-0.39, 0.29) is 4.75 Å². The molecule has 92 valence electrons. The van der Waals surface area contributed by atoms with Gasteiger partial charge < -0.3 is 0 Å². The van der Waals surface area contributed by atoms with Gasteiger partial charge in [0.1, 0.15) is 4.75 Å². The summed E-state index contributed by atoms with van der Waals surface area (Å²) in [5.74, 6) is 1.11. The number of nitrogens with zero attached hydrogens (tertiary/aromatic N) is 3. The van der Waals surface area contributed by atoms with Gasteiger partial charge in [0.2, 0.25) is 0 Å². The van der Waals surface area contributed by atoms with E-state index < -0.39 is 0 Å². The van der Waals surface area contributed by atoms with Crippen LogP contribution in [-0.2, 0) is 6.42 Å². The maximum Gasteiger partial charge on any atom is 0.108 e. The van der Waals surface area contributed by atoms with E-state index >= 15 is 0 Å².